The molecule has 11 heteroatoms. The van der Waals surface area contributed by atoms with Gasteiger partial charge in [0.25, 0.3) is 5.91 Å². The molecule has 6 N–H and O–H groups in total. The number of carbonyl (C=O) groups excluding carboxylic acids is 1. The summed E-state index contributed by atoms with van der Waals surface area (Å²) in [5.74, 6) is -0.729. The molecular formula is C16H19F3N6O2. The van der Waals surface area contributed by atoms with Crippen LogP contribution in [0.3, 0.4) is 0 Å². The van der Waals surface area contributed by atoms with Gasteiger partial charge in [-0.25, -0.2) is 4.98 Å². The molecule has 2 aromatic rings. The Kier molecular flexibility index (Phi) is 6.53. The van der Waals surface area contributed by atoms with Crippen LogP contribution in [0, 0.1) is 0 Å². The lowest BCUT2D eigenvalue weighted by atomic mass is 10.2. The third-order valence-electron chi connectivity index (χ3n) is 3.41. The van der Waals surface area contributed by atoms with Crippen LogP contribution in [0.2, 0.25) is 0 Å². The van der Waals surface area contributed by atoms with Crippen LogP contribution in [-0.2, 0) is 10.9 Å². The molecule has 1 atom stereocenters. The third kappa shape index (κ3) is 5.79. The number of carbonyl (C=O) groups is 1. The van der Waals surface area contributed by atoms with Crippen molar-refractivity contribution >= 4 is 23.4 Å². The fourth-order valence-corrected chi connectivity index (χ4v) is 2.15. The number of nitrogens with one attached hydrogen (secondary N) is 2. The molecule has 0 saturated carbocycles. The van der Waals surface area contributed by atoms with Crippen molar-refractivity contribution in [2.45, 2.75) is 12.2 Å². The molecule has 0 spiro atoms. The highest BCUT2D eigenvalue weighted by Gasteiger charge is 2.30. The minimum atomic E-state index is -4.50. The van der Waals surface area contributed by atoms with Crippen LogP contribution >= 0.6 is 0 Å². The Morgan fingerprint density at radius 2 is 2.11 bits per heavy atom. The summed E-state index contributed by atoms with van der Waals surface area (Å²) in [7, 11) is 1.51. The van der Waals surface area contributed by atoms with Crippen molar-refractivity contribution in [2.24, 2.45) is 11.5 Å². The molecule has 1 aromatic carbocycles. The Morgan fingerprint density at radius 3 is 2.74 bits per heavy atom. The molecule has 1 amide bonds. The number of hydrogen-bond acceptors (Lipinski definition) is 7. The van der Waals surface area contributed by atoms with E-state index in [9.17, 15) is 18.0 Å². The van der Waals surface area contributed by atoms with Crippen molar-refractivity contribution in [3.8, 4) is 0 Å². The molecule has 0 unspecified atom stereocenters. The third-order valence-corrected chi connectivity index (χ3v) is 3.41. The Bertz CT molecular complexity index is 800. The summed E-state index contributed by atoms with van der Waals surface area (Å²) in [5, 5.41) is 5.53. The average molecular weight is 384 g/mol. The normalized spacial score (nSPS) is 12.5. The van der Waals surface area contributed by atoms with E-state index in [0.29, 0.717) is 6.61 Å². The van der Waals surface area contributed by atoms with Crippen LogP contribution in [0.1, 0.15) is 15.9 Å². The molecule has 1 aromatic heterocycles. The fourth-order valence-electron chi connectivity index (χ4n) is 2.15. The summed E-state index contributed by atoms with van der Waals surface area (Å²) < 4.78 is 43.5. The second-order valence-electron chi connectivity index (χ2n) is 5.62. The first kappa shape index (κ1) is 20.4. The Labute approximate surface area is 153 Å². The van der Waals surface area contributed by atoms with Gasteiger partial charge >= 0.3 is 6.18 Å². The smallest absolute Gasteiger partial charge is 0.383 e. The number of benzene rings is 1. The molecule has 2 rings (SSSR count). The lowest BCUT2D eigenvalue weighted by Crippen LogP contribution is -2.33. The average Bonchev–Trinajstić information content (AvgIpc) is 2.59. The van der Waals surface area contributed by atoms with Gasteiger partial charge in [-0.05, 0) is 18.2 Å². The summed E-state index contributed by atoms with van der Waals surface area (Å²) in [6.45, 7) is 0.592. The van der Waals surface area contributed by atoms with Crippen LogP contribution in [0.15, 0.2) is 30.5 Å². The monoisotopic (exact) mass is 384 g/mol. The van der Waals surface area contributed by atoms with Gasteiger partial charge in [-0.2, -0.15) is 18.2 Å². The molecule has 0 radical (unpaired) electrons. The summed E-state index contributed by atoms with van der Waals surface area (Å²) in [6.07, 6.45) is -3.32. The molecule has 27 heavy (non-hydrogen) atoms. The molecule has 0 bridgehead atoms. The van der Waals surface area contributed by atoms with Crippen molar-refractivity contribution in [1.82, 2.24) is 9.97 Å². The first-order valence-corrected chi connectivity index (χ1v) is 7.80. The van der Waals surface area contributed by atoms with Gasteiger partial charge in [0.05, 0.1) is 12.2 Å². The van der Waals surface area contributed by atoms with E-state index in [1.807, 2.05) is 0 Å². The fraction of sp³-hybridized carbons (Fsp3) is 0.312. The maximum Gasteiger partial charge on any atom is 0.416 e. The highest BCUT2D eigenvalue weighted by atomic mass is 19.4. The molecule has 0 fully saturated rings. The second-order valence-corrected chi connectivity index (χ2v) is 5.62. The zero-order chi connectivity index (χ0) is 20.0. The Balaban J connectivity index is 2.26. The number of amides is 1. The van der Waals surface area contributed by atoms with E-state index < -0.39 is 17.6 Å². The van der Waals surface area contributed by atoms with Crippen LogP contribution in [0.25, 0.3) is 0 Å². The van der Waals surface area contributed by atoms with Gasteiger partial charge < -0.3 is 26.8 Å². The lowest BCUT2D eigenvalue weighted by molar-refractivity contribution is -0.137. The maximum atomic E-state index is 12.9. The summed E-state index contributed by atoms with van der Waals surface area (Å²) in [5.41, 5.74) is 10.3. The quantitative estimate of drug-likeness (QED) is 0.545. The predicted octanol–water partition coefficient (Wildman–Crippen LogP) is 1.72. The second kappa shape index (κ2) is 8.64. The minimum Gasteiger partial charge on any atom is -0.383 e. The number of anilines is 3. The van der Waals surface area contributed by atoms with Gasteiger partial charge in [0, 0.05) is 31.6 Å². The number of alkyl halides is 3. The standard InChI is InChI=1S/C16H19F3N6O2/c1-27-8-10(20)6-22-15-23-7-12(13(21)26)14(25-15)24-11-4-2-3-9(5-11)16(17,18)19/h2-5,7,10H,6,8,20H2,1H3,(H2,21,26)(H2,22,23,24,25)/t10-/m1/s1. The summed E-state index contributed by atoms with van der Waals surface area (Å²) in [6, 6.07) is 4.15. The molecule has 0 aliphatic heterocycles. The van der Waals surface area contributed by atoms with E-state index in [2.05, 4.69) is 20.6 Å². The Hall–Kier alpha value is -2.92. The topological polar surface area (TPSA) is 128 Å². The van der Waals surface area contributed by atoms with Gasteiger partial charge in [-0.1, -0.05) is 6.07 Å². The van der Waals surface area contributed by atoms with Crippen LogP contribution in [0.4, 0.5) is 30.6 Å². The van der Waals surface area contributed by atoms with E-state index in [4.69, 9.17) is 16.2 Å². The maximum absolute atomic E-state index is 12.9. The molecule has 0 saturated heterocycles. The van der Waals surface area contributed by atoms with Crippen molar-refractivity contribution in [3.05, 3.63) is 41.6 Å². The van der Waals surface area contributed by atoms with Crippen LogP contribution < -0.4 is 22.1 Å². The highest BCUT2D eigenvalue weighted by Crippen LogP contribution is 2.31. The zero-order valence-electron chi connectivity index (χ0n) is 14.4. The molecule has 0 aliphatic carbocycles. The molecule has 1 heterocycles. The van der Waals surface area contributed by atoms with Crippen LogP contribution in [-0.4, -0.2) is 42.2 Å². The van der Waals surface area contributed by atoms with E-state index in [-0.39, 0.29) is 35.6 Å². The number of aromatic nitrogens is 2. The largest absolute Gasteiger partial charge is 0.416 e. The molecule has 146 valence electrons. The number of primary amides is 1. The number of nitrogens with two attached hydrogens (primary N) is 2. The summed E-state index contributed by atoms with van der Waals surface area (Å²) in [4.78, 5) is 19.6. The van der Waals surface area contributed by atoms with Crippen molar-refractivity contribution in [2.75, 3.05) is 30.9 Å². The first-order valence-electron chi connectivity index (χ1n) is 7.80. The molecular weight excluding hydrogens is 365 g/mol. The van der Waals surface area contributed by atoms with E-state index >= 15 is 0 Å². The number of rotatable bonds is 8. The van der Waals surface area contributed by atoms with Gasteiger partial charge in [0.1, 0.15) is 11.4 Å². The van der Waals surface area contributed by atoms with Gasteiger partial charge in [-0.3, -0.25) is 4.79 Å². The molecule has 8 nitrogen and oxygen atoms in total. The van der Waals surface area contributed by atoms with Crippen LogP contribution in [0.5, 0.6) is 0 Å². The van der Waals surface area contributed by atoms with Gasteiger partial charge in [0.2, 0.25) is 5.95 Å². The minimum absolute atomic E-state index is 0.0281. The van der Waals surface area contributed by atoms with E-state index in [0.717, 1.165) is 12.1 Å². The lowest BCUT2D eigenvalue weighted by Gasteiger charge is -2.14. The van der Waals surface area contributed by atoms with Gasteiger partial charge in [-0.15, -0.1) is 0 Å². The Morgan fingerprint density at radius 1 is 1.37 bits per heavy atom. The van der Waals surface area contributed by atoms with Crippen molar-refractivity contribution in [1.29, 1.82) is 0 Å². The SMILES string of the molecule is COC[C@H](N)CNc1ncc(C(N)=O)c(Nc2cccc(C(F)(F)F)c2)n1. The van der Waals surface area contributed by atoms with Gasteiger partial charge in [0.15, 0.2) is 0 Å². The first-order chi connectivity index (χ1) is 12.7. The number of ether oxygens (including phenoxy) is 1. The van der Waals surface area contributed by atoms with Crippen molar-refractivity contribution < 1.29 is 22.7 Å². The zero-order valence-corrected chi connectivity index (χ0v) is 14.4. The number of hydrogen-bond donors (Lipinski definition) is 4. The van der Waals surface area contributed by atoms with E-state index in [1.54, 1.807) is 0 Å². The molecule has 0 aliphatic rings. The number of methoxy groups -OCH3 is 1. The van der Waals surface area contributed by atoms with Crippen molar-refractivity contribution in [3.63, 3.8) is 0 Å². The predicted molar refractivity (Wildman–Crippen MR) is 93.6 cm³/mol. The van der Waals surface area contributed by atoms with E-state index in [1.165, 1.54) is 25.4 Å². The summed E-state index contributed by atoms with van der Waals surface area (Å²) >= 11 is 0. The number of nitrogens with zero attached hydrogens (tertiary/aromatic N) is 2. The number of halogens is 3. The highest BCUT2D eigenvalue weighted by molar-refractivity contribution is 5.98.